The average molecular weight is 348 g/mol. The van der Waals surface area contributed by atoms with Crippen molar-refractivity contribution in [2.75, 3.05) is 5.32 Å². The van der Waals surface area contributed by atoms with Gasteiger partial charge in [-0.3, -0.25) is 14.9 Å². The monoisotopic (exact) mass is 347 g/mol. The zero-order valence-electron chi connectivity index (χ0n) is 11.9. The topological polar surface area (TPSA) is 96.0 Å². The number of carbonyl (C=O) groups excluding carboxylic acids is 1. The van der Waals surface area contributed by atoms with Crippen LogP contribution in [0, 0.1) is 28.4 Å². The van der Waals surface area contributed by atoms with Crippen molar-refractivity contribution in [2.45, 2.75) is 6.92 Å². The van der Waals surface area contributed by atoms with E-state index in [4.69, 9.17) is 16.9 Å². The van der Waals surface area contributed by atoms with Crippen LogP contribution in [0.2, 0.25) is 5.02 Å². The molecule has 1 aromatic heterocycles. The van der Waals surface area contributed by atoms with Crippen LogP contribution < -0.4 is 5.32 Å². The first-order valence-electron chi connectivity index (χ1n) is 6.33. The summed E-state index contributed by atoms with van der Waals surface area (Å²) in [6, 6.07) is 8.15. The standard InChI is InChI=1S/C15H10ClN3O3S/c1-9-12(16)3-2-4-13(9)18-15(20)11(7-17)5-10-6-14(19(21)22)23-8-10/h2-6,8H,1H3,(H,18,20)/b11-5+. The predicted octanol–water partition coefficient (Wildman–Crippen LogP) is 4.16. The molecule has 8 heteroatoms. The molecule has 1 aromatic carbocycles. The van der Waals surface area contributed by atoms with E-state index < -0.39 is 10.8 Å². The molecule has 2 rings (SSSR count). The molecule has 0 aliphatic rings. The summed E-state index contributed by atoms with van der Waals surface area (Å²) in [7, 11) is 0. The summed E-state index contributed by atoms with van der Waals surface area (Å²) in [5.41, 5.74) is 1.46. The van der Waals surface area contributed by atoms with Gasteiger partial charge >= 0.3 is 5.00 Å². The minimum Gasteiger partial charge on any atom is -0.321 e. The van der Waals surface area contributed by atoms with Gasteiger partial charge in [-0.25, -0.2) is 0 Å². The second-order valence-corrected chi connectivity index (χ2v) is 5.81. The highest BCUT2D eigenvalue weighted by Crippen LogP contribution is 2.25. The lowest BCUT2D eigenvalue weighted by Crippen LogP contribution is -2.14. The number of amides is 1. The summed E-state index contributed by atoms with van der Waals surface area (Å²) >= 11 is 6.91. The minimum atomic E-state index is -0.605. The number of nitrogens with one attached hydrogen (secondary N) is 1. The molecule has 0 aliphatic carbocycles. The summed E-state index contributed by atoms with van der Waals surface area (Å²) < 4.78 is 0. The maximum Gasteiger partial charge on any atom is 0.324 e. The number of halogens is 1. The molecule has 23 heavy (non-hydrogen) atoms. The lowest BCUT2D eigenvalue weighted by molar-refractivity contribution is -0.380. The Kier molecular flexibility index (Phi) is 5.11. The van der Waals surface area contributed by atoms with Crippen molar-refractivity contribution < 1.29 is 9.72 Å². The third kappa shape index (κ3) is 3.94. The highest BCUT2D eigenvalue weighted by molar-refractivity contribution is 7.13. The number of anilines is 1. The van der Waals surface area contributed by atoms with E-state index in [0.717, 1.165) is 11.3 Å². The molecule has 116 valence electrons. The van der Waals surface area contributed by atoms with Crippen molar-refractivity contribution in [1.82, 2.24) is 0 Å². The fraction of sp³-hybridized carbons (Fsp3) is 0.0667. The maximum absolute atomic E-state index is 12.2. The molecule has 1 N–H and O–H groups in total. The Labute approximate surface area is 140 Å². The van der Waals surface area contributed by atoms with E-state index in [9.17, 15) is 14.9 Å². The van der Waals surface area contributed by atoms with E-state index in [2.05, 4.69) is 5.32 Å². The highest BCUT2D eigenvalue weighted by Gasteiger charge is 2.14. The predicted molar refractivity (Wildman–Crippen MR) is 89.4 cm³/mol. The van der Waals surface area contributed by atoms with E-state index in [1.54, 1.807) is 31.2 Å². The van der Waals surface area contributed by atoms with Gasteiger partial charge in [-0.15, -0.1) is 0 Å². The van der Waals surface area contributed by atoms with Crippen LogP contribution in [-0.4, -0.2) is 10.8 Å². The summed E-state index contributed by atoms with van der Waals surface area (Å²) in [4.78, 5) is 22.3. The number of thiophene rings is 1. The molecule has 0 unspecified atom stereocenters. The Hall–Kier alpha value is -2.69. The molecule has 1 amide bonds. The molecule has 0 bridgehead atoms. The van der Waals surface area contributed by atoms with Crippen molar-refractivity contribution in [3.8, 4) is 6.07 Å². The van der Waals surface area contributed by atoms with E-state index in [0.29, 0.717) is 21.8 Å². The van der Waals surface area contributed by atoms with E-state index in [-0.39, 0.29) is 10.6 Å². The summed E-state index contributed by atoms with van der Waals surface area (Å²) in [5, 5.41) is 24.4. The first-order valence-corrected chi connectivity index (χ1v) is 7.59. The number of nitrogens with zero attached hydrogens (tertiary/aromatic N) is 2. The molecule has 0 saturated carbocycles. The number of nitriles is 1. The third-order valence-electron chi connectivity index (χ3n) is 2.98. The number of rotatable bonds is 4. The molecule has 6 nitrogen and oxygen atoms in total. The first-order chi connectivity index (χ1) is 10.9. The van der Waals surface area contributed by atoms with Crippen LogP contribution >= 0.6 is 22.9 Å². The molecule has 0 spiro atoms. The van der Waals surface area contributed by atoms with Crippen LogP contribution in [0.3, 0.4) is 0 Å². The molecular weight excluding hydrogens is 338 g/mol. The van der Waals surface area contributed by atoms with Gasteiger partial charge in [-0.2, -0.15) is 5.26 Å². The zero-order chi connectivity index (χ0) is 17.0. The van der Waals surface area contributed by atoms with Crippen molar-refractivity contribution in [3.05, 3.63) is 61.5 Å². The lowest BCUT2D eigenvalue weighted by Gasteiger charge is -2.08. The number of hydrogen-bond donors (Lipinski definition) is 1. The van der Waals surface area contributed by atoms with Crippen LogP contribution in [0.25, 0.3) is 6.08 Å². The molecular formula is C15H10ClN3O3S. The maximum atomic E-state index is 12.2. The van der Waals surface area contributed by atoms with E-state index in [1.165, 1.54) is 17.5 Å². The van der Waals surface area contributed by atoms with Gasteiger partial charge in [0.05, 0.1) is 4.92 Å². The molecule has 1 heterocycles. The zero-order valence-corrected chi connectivity index (χ0v) is 13.4. The molecule has 0 atom stereocenters. The number of benzene rings is 1. The SMILES string of the molecule is Cc1c(Cl)cccc1NC(=O)/C(C#N)=C/c1csc([N+](=O)[O-])c1. The van der Waals surface area contributed by atoms with Crippen molar-refractivity contribution in [2.24, 2.45) is 0 Å². The van der Waals surface area contributed by atoms with Gasteiger partial charge in [-0.05, 0) is 36.3 Å². The minimum absolute atomic E-state index is 0.0559. The molecule has 0 fully saturated rings. The summed E-state index contributed by atoms with van der Waals surface area (Å²) in [6.45, 7) is 1.75. The number of carbonyl (C=O) groups is 1. The van der Waals surface area contributed by atoms with Gasteiger partial charge in [-0.1, -0.05) is 29.0 Å². The Morgan fingerprint density at radius 3 is 2.87 bits per heavy atom. The van der Waals surface area contributed by atoms with Gasteiger partial charge in [0.2, 0.25) is 0 Å². The Morgan fingerprint density at radius 2 is 2.26 bits per heavy atom. The van der Waals surface area contributed by atoms with Gasteiger partial charge < -0.3 is 5.32 Å². The van der Waals surface area contributed by atoms with Gasteiger partial charge in [0.25, 0.3) is 5.91 Å². The number of hydrogen-bond acceptors (Lipinski definition) is 5. The average Bonchev–Trinajstić information content (AvgIpc) is 2.98. The van der Waals surface area contributed by atoms with Crippen molar-refractivity contribution in [3.63, 3.8) is 0 Å². The normalized spacial score (nSPS) is 10.9. The molecule has 2 aromatic rings. The summed E-state index contributed by atoms with van der Waals surface area (Å²) in [6.07, 6.45) is 1.30. The van der Waals surface area contributed by atoms with Crippen LogP contribution in [0.15, 0.2) is 35.2 Å². The largest absolute Gasteiger partial charge is 0.324 e. The van der Waals surface area contributed by atoms with Gasteiger partial charge in [0.1, 0.15) is 11.6 Å². The Bertz CT molecular complexity index is 852. The summed E-state index contributed by atoms with van der Waals surface area (Å²) in [5.74, 6) is -0.605. The van der Waals surface area contributed by atoms with Gasteiger partial charge in [0, 0.05) is 22.2 Å². The smallest absolute Gasteiger partial charge is 0.321 e. The second kappa shape index (κ2) is 7.05. The number of nitro groups is 1. The van der Waals surface area contributed by atoms with Crippen molar-refractivity contribution >= 4 is 45.6 Å². The van der Waals surface area contributed by atoms with Gasteiger partial charge in [0.15, 0.2) is 0 Å². The first kappa shape index (κ1) is 16.7. The quantitative estimate of drug-likeness (QED) is 0.388. The third-order valence-corrected chi connectivity index (χ3v) is 4.29. The molecule has 0 aliphatic heterocycles. The molecule has 0 radical (unpaired) electrons. The Balaban J connectivity index is 2.24. The van der Waals surface area contributed by atoms with Crippen molar-refractivity contribution in [1.29, 1.82) is 5.26 Å². The fourth-order valence-electron chi connectivity index (χ4n) is 1.76. The lowest BCUT2D eigenvalue weighted by atomic mass is 10.1. The van der Waals surface area contributed by atoms with Crippen LogP contribution in [0.1, 0.15) is 11.1 Å². The van der Waals surface area contributed by atoms with E-state index in [1.807, 2.05) is 0 Å². The van der Waals surface area contributed by atoms with Crippen LogP contribution in [0.5, 0.6) is 0 Å². The molecule has 0 saturated heterocycles. The highest BCUT2D eigenvalue weighted by atomic mass is 35.5. The van der Waals surface area contributed by atoms with E-state index >= 15 is 0 Å². The second-order valence-electron chi connectivity index (χ2n) is 4.51. The van der Waals surface area contributed by atoms with Crippen LogP contribution in [0.4, 0.5) is 10.7 Å². The van der Waals surface area contributed by atoms with Crippen LogP contribution in [-0.2, 0) is 4.79 Å². The fourth-order valence-corrected chi connectivity index (χ4v) is 2.62. The Morgan fingerprint density at radius 1 is 1.52 bits per heavy atom.